The molecule has 2 N–H and O–H groups in total. The fourth-order valence-electron chi connectivity index (χ4n) is 2.45. The Morgan fingerprint density at radius 3 is 2.52 bits per heavy atom. The van der Waals surface area contributed by atoms with Gasteiger partial charge in [0.05, 0.1) is 16.9 Å². The SMILES string of the molecule is O=C(N/N=C/c1cccc(OCc2ccccc2Cl)c1)C(=O)Nc1cc(Cl)ccc1Cl. The fourth-order valence-corrected chi connectivity index (χ4v) is 2.98. The van der Waals surface area contributed by atoms with Crippen LogP contribution in [0, 0.1) is 0 Å². The van der Waals surface area contributed by atoms with E-state index in [2.05, 4.69) is 15.8 Å². The molecular weight excluding hydrogens is 461 g/mol. The molecule has 0 heterocycles. The highest BCUT2D eigenvalue weighted by atomic mass is 35.5. The Labute approximate surface area is 193 Å². The number of amides is 2. The molecule has 3 aromatic carbocycles. The van der Waals surface area contributed by atoms with E-state index < -0.39 is 11.8 Å². The minimum absolute atomic E-state index is 0.224. The lowest BCUT2D eigenvalue weighted by Gasteiger charge is -2.08. The van der Waals surface area contributed by atoms with Crippen molar-refractivity contribution in [3.63, 3.8) is 0 Å². The second-order valence-electron chi connectivity index (χ2n) is 6.23. The Morgan fingerprint density at radius 2 is 1.71 bits per heavy atom. The third-order valence-corrected chi connectivity index (χ3v) is 4.91. The number of benzene rings is 3. The summed E-state index contributed by atoms with van der Waals surface area (Å²) in [6.07, 6.45) is 1.39. The summed E-state index contributed by atoms with van der Waals surface area (Å²) in [6.45, 7) is 0.309. The van der Waals surface area contributed by atoms with Crippen LogP contribution in [0.15, 0.2) is 71.8 Å². The van der Waals surface area contributed by atoms with Gasteiger partial charge in [0.1, 0.15) is 12.4 Å². The topological polar surface area (TPSA) is 79.8 Å². The zero-order chi connectivity index (χ0) is 22.2. The lowest BCUT2D eigenvalue weighted by molar-refractivity contribution is -0.136. The van der Waals surface area contributed by atoms with E-state index in [-0.39, 0.29) is 10.7 Å². The summed E-state index contributed by atoms with van der Waals surface area (Å²) in [4.78, 5) is 23.9. The van der Waals surface area contributed by atoms with Crippen LogP contribution in [0.4, 0.5) is 5.69 Å². The standard InChI is InChI=1S/C22H16Cl3N3O3/c23-16-8-9-19(25)20(11-16)27-21(29)22(30)28-26-12-14-4-3-6-17(10-14)31-13-15-5-1-2-7-18(15)24/h1-12H,13H2,(H,27,29)(H,28,30)/b26-12+. The first-order valence-corrected chi connectivity index (χ1v) is 10.1. The fraction of sp³-hybridized carbons (Fsp3) is 0.0455. The van der Waals surface area contributed by atoms with E-state index in [1.54, 1.807) is 36.4 Å². The van der Waals surface area contributed by atoms with E-state index >= 15 is 0 Å². The number of halogens is 3. The van der Waals surface area contributed by atoms with Crippen LogP contribution in [0.1, 0.15) is 11.1 Å². The predicted octanol–water partition coefficient (Wildman–Crippen LogP) is 5.31. The predicted molar refractivity (Wildman–Crippen MR) is 123 cm³/mol. The third-order valence-electron chi connectivity index (χ3n) is 3.97. The lowest BCUT2D eigenvalue weighted by atomic mass is 10.2. The van der Waals surface area contributed by atoms with Gasteiger partial charge in [-0.3, -0.25) is 9.59 Å². The van der Waals surface area contributed by atoms with Gasteiger partial charge in [0.15, 0.2) is 0 Å². The zero-order valence-electron chi connectivity index (χ0n) is 15.9. The zero-order valence-corrected chi connectivity index (χ0v) is 18.2. The normalized spacial score (nSPS) is 10.7. The largest absolute Gasteiger partial charge is 0.489 e. The average molecular weight is 477 g/mol. The molecule has 0 saturated carbocycles. The number of ether oxygens (including phenoxy) is 1. The maximum atomic E-state index is 12.0. The van der Waals surface area contributed by atoms with Crippen LogP contribution in [-0.4, -0.2) is 18.0 Å². The number of hydrogen-bond donors (Lipinski definition) is 2. The van der Waals surface area contributed by atoms with Crippen LogP contribution < -0.4 is 15.5 Å². The van der Waals surface area contributed by atoms with E-state index in [1.165, 1.54) is 18.3 Å². The first-order valence-electron chi connectivity index (χ1n) is 8.98. The molecular formula is C22H16Cl3N3O3. The first-order chi connectivity index (χ1) is 14.9. The maximum Gasteiger partial charge on any atom is 0.329 e. The van der Waals surface area contributed by atoms with Gasteiger partial charge < -0.3 is 10.1 Å². The minimum Gasteiger partial charge on any atom is -0.489 e. The number of hydrogen-bond acceptors (Lipinski definition) is 4. The molecule has 158 valence electrons. The second kappa shape index (κ2) is 10.8. The van der Waals surface area contributed by atoms with Gasteiger partial charge in [0.25, 0.3) is 0 Å². The van der Waals surface area contributed by atoms with E-state index in [9.17, 15) is 9.59 Å². The van der Waals surface area contributed by atoms with Crippen molar-refractivity contribution < 1.29 is 14.3 Å². The van der Waals surface area contributed by atoms with E-state index in [0.29, 0.717) is 28.0 Å². The summed E-state index contributed by atoms with van der Waals surface area (Å²) in [5.41, 5.74) is 3.90. The van der Waals surface area contributed by atoms with Gasteiger partial charge in [0.2, 0.25) is 0 Å². The molecule has 0 aromatic heterocycles. The van der Waals surface area contributed by atoms with Crippen LogP contribution in [0.5, 0.6) is 5.75 Å². The van der Waals surface area contributed by atoms with Gasteiger partial charge in [-0.1, -0.05) is 65.1 Å². The molecule has 0 fully saturated rings. The summed E-state index contributed by atoms with van der Waals surface area (Å²) >= 11 is 17.9. The number of carbonyl (C=O) groups excluding carboxylic acids is 2. The summed E-state index contributed by atoms with van der Waals surface area (Å²) in [6, 6.07) is 19.0. The molecule has 0 aliphatic carbocycles. The van der Waals surface area contributed by atoms with Crippen LogP contribution in [-0.2, 0) is 16.2 Å². The smallest absolute Gasteiger partial charge is 0.329 e. The Kier molecular flexibility index (Phi) is 7.89. The molecule has 0 aliphatic rings. The average Bonchev–Trinajstić information content (AvgIpc) is 2.76. The Bertz CT molecular complexity index is 1140. The van der Waals surface area contributed by atoms with Gasteiger partial charge in [-0.25, -0.2) is 5.43 Å². The van der Waals surface area contributed by atoms with Crippen LogP contribution >= 0.6 is 34.8 Å². The van der Waals surface area contributed by atoms with Gasteiger partial charge in [-0.15, -0.1) is 0 Å². The minimum atomic E-state index is -0.960. The highest BCUT2D eigenvalue weighted by molar-refractivity contribution is 6.42. The summed E-state index contributed by atoms with van der Waals surface area (Å²) in [7, 11) is 0. The van der Waals surface area contributed by atoms with E-state index in [1.807, 2.05) is 18.2 Å². The number of rotatable bonds is 6. The second-order valence-corrected chi connectivity index (χ2v) is 7.48. The quantitative estimate of drug-likeness (QED) is 0.287. The highest BCUT2D eigenvalue weighted by Gasteiger charge is 2.14. The molecule has 0 radical (unpaired) electrons. The molecule has 9 heteroatoms. The first kappa shape index (κ1) is 22.6. The van der Waals surface area contributed by atoms with Gasteiger partial charge in [0, 0.05) is 15.6 Å². The Morgan fingerprint density at radius 1 is 0.903 bits per heavy atom. The molecule has 3 rings (SSSR count). The Hall–Kier alpha value is -3.06. The van der Waals surface area contributed by atoms with Crippen LogP contribution in [0.3, 0.4) is 0 Å². The molecule has 2 amide bonds. The van der Waals surface area contributed by atoms with Crippen molar-refractivity contribution in [2.24, 2.45) is 5.10 Å². The van der Waals surface area contributed by atoms with E-state index in [0.717, 1.165) is 5.56 Å². The Balaban J connectivity index is 1.55. The van der Waals surface area contributed by atoms with Crippen LogP contribution in [0.25, 0.3) is 0 Å². The summed E-state index contributed by atoms with van der Waals surface area (Å²) in [5.74, 6) is -1.29. The molecule has 0 saturated heterocycles. The molecule has 0 aliphatic heterocycles. The van der Waals surface area contributed by atoms with Crippen molar-refractivity contribution in [2.45, 2.75) is 6.61 Å². The van der Waals surface area contributed by atoms with Crippen molar-refractivity contribution in [3.8, 4) is 5.75 Å². The molecule has 0 bridgehead atoms. The number of carbonyl (C=O) groups is 2. The summed E-state index contributed by atoms with van der Waals surface area (Å²) in [5, 5.41) is 7.42. The van der Waals surface area contributed by atoms with Gasteiger partial charge >= 0.3 is 11.8 Å². The monoisotopic (exact) mass is 475 g/mol. The molecule has 0 spiro atoms. The molecule has 0 atom stereocenters. The third kappa shape index (κ3) is 6.72. The summed E-state index contributed by atoms with van der Waals surface area (Å²) < 4.78 is 5.75. The molecule has 31 heavy (non-hydrogen) atoms. The number of anilines is 1. The van der Waals surface area contributed by atoms with Crippen molar-refractivity contribution in [1.82, 2.24) is 5.43 Å². The van der Waals surface area contributed by atoms with Gasteiger partial charge in [-0.2, -0.15) is 5.10 Å². The molecule has 6 nitrogen and oxygen atoms in total. The van der Waals surface area contributed by atoms with E-state index in [4.69, 9.17) is 39.5 Å². The number of nitrogens with one attached hydrogen (secondary N) is 2. The highest BCUT2D eigenvalue weighted by Crippen LogP contribution is 2.25. The number of nitrogens with zero attached hydrogens (tertiary/aromatic N) is 1. The van der Waals surface area contributed by atoms with Crippen molar-refractivity contribution in [3.05, 3.63) is 92.9 Å². The molecule has 0 unspecified atom stereocenters. The lowest BCUT2D eigenvalue weighted by Crippen LogP contribution is -2.32. The number of hydrazone groups is 1. The maximum absolute atomic E-state index is 12.0. The van der Waals surface area contributed by atoms with Crippen molar-refractivity contribution >= 4 is 58.5 Å². The van der Waals surface area contributed by atoms with Crippen LogP contribution in [0.2, 0.25) is 15.1 Å². The van der Waals surface area contributed by atoms with Gasteiger partial charge in [-0.05, 0) is 42.0 Å². The van der Waals surface area contributed by atoms with Crippen molar-refractivity contribution in [2.75, 3.05) is 5.32 Å². The molecule has 3 aromatic rings. The van der Waals surface area contributed by atoms with Crippen molar-refractivity contribution in [1.29, 1.82) is 0 Å².